The Bertz CT molecular complexity index is 949. The molecular weight excluding hydrogens is 425 g/mol. The highest BCUT2D eigenvalue weighted by Crippen LogP contribution is 2.50. The molecule has 2 rings (SSSR count). The van der Waals surface area contributed by atoms with Crippen molar-refractivity contribution in [2.45, 2.75) is 28.9 Å². The van der Waals surface area contributed by atoms with Crippen LogP contribution in [0.3, 0.4) is 0 Å². The van der Waals surface area contributed by atoms with Crippen molar-refractivity contribution in [1.29, 1.82) is 0 Å². The molecule has 0 amide bonds. The predicted molar refractivity (Wildman–Crippen MR) is 83.7 cm³/mol. The van der Waals surface area contributed by atoms with Crippen LogP contribution in [0.5, 0.6) is 5.75 Å². The Labute approximate surface area is 152 Å². The second-order valence-corrected chi connectivity index (χ2v) is 9.50. The van der Waals surface area contributed by atoms with Crippen molar-refractivity contribution in [3.05, 3.63) is 23.3 Å². The topological polar surface area (TPSA) is 110 Å². The van der Waals surface area contributed by atoms with Crippen molar-refractivity contribution in [3.63, 3.8) is 0 Å². The molecule has 0 bridgehead atoms. The molecule has 2 N–H and O–H groups in total. The molecule has 0 radical (unpaired) electrons. The number of benzene rings is 1. The van der Waals surface area contributed by atoms with Crippen molar-refractivity contribution in [2.24, 2.45) is 0 Å². The summed E-state index contributed by atoms with van der Waals surface area (Å²) in [4.78, 5) is -1.48. The van der Waals surface area contributed by atoms with Crippen molar-refractivity contribution in [2.75, 3.05) is 19.4 Å². The van der Waals surface area contributed by atoms with Crippen LogP contribution >= 0.6 is 0 Å². The molecule has 0 spiro atoms. The SMILES string of the molecule is CS(=O)(=O)NCCOc1ccc(S(=O)(=O)C(F)(F)F)c2c1CC(F)(F)C2O.[HH]. The summed E-state index contributed by atoms with van der Waals surface area (Å²) in [5, 5.41) is 9.69. The molecule has 0 fully saturated rings. The highest BCUT2D eigenvalue weighted by molar-refractivity contribution is 7.92. The van der Waals surface area contributed by atoms with Gasteiger partial charge in [0.05, 0.1) is 11.2 Å². The van der Waals surface area contributed by atoms with Gasteiger partial charge in [-0.2, -0.15) is 13.2 Å². The summed E-state index contributed by atoms with van der Waals surface area (Å²) in [5.41, 5.74) is -7.41. The Morgan fingerprint density at radius 2 is 1.89 bits per heavy atom. The number of sulfonamides is 1. The number of ether oxygens (including phenoxy) is 1. The van der Waals surface area contributed by atoms with Gasteiger partial charge in [0.2, 0.25) is 10.0 Å². The van der Waals surface area contributed by atoms with Crippen LogP contribution in [0.4, 0.5) is 22.0 Å². The van der Waals surface area contributed by atoms with Gasteiger partial charge >= 0.3 is 5.51 Å². The molecular formula is C13H16F5NO6S2. The quantitative estimate of drug-likeness (QED) is 0.510. The number of sulfone groups is 1. The smallest absolute Gasteiger partial charge is 0.492 e. The number of nitrogens with one attached hydrogen (secondary N) is 1. The molecule has 1 atom stereocenters. The number of fused-ring (bicyclic) bond motifs is 1. The zero-order valence-electron chi connectivity index (χ0n) is 13.5. The highest BCUT2D eigenvalue weighted by atomic mass is 32.2. The molecule has 1 aromatic rings. The Morgan fingerprint density at radius 3 is 2.41 bits per heavy atom. The van der Waals surface area contributed by atoms with Gasteiger partial charge < -0.3 is 9.84 Å². The Balaban J connectivity index is 0.00000392. The maximum absolute atomic E-state index is 13.8. The fourth-order valence-corrected chi connectivity index (χ4v) is 4.01. The van der Waals surface area contributed by atoms with E-state index in [1.54, 1.807) is 0 Å². The van der Waals surface area contributed by atoms with E-state index < -0.39 is 59.8 Å². The fraction of sp³-hybridized carbons (Fsp3) is 0.538. The summed E-state index contributed by atoms with van der Waals surface area (Å²) in [6.45, 7) is -0.637. The second-order valence-electron chi connectivity index (χ2n) is 5.76. The minimum absolute atomic E-state index is 0. The van der Waals surface area contributed by atoms with Crippen LogP contribution in [0.2, 0.25) is 0 Å². The van der Waals surface area contributed by atoms with Crippen LogP contribution in [-0.2, 0) is 26.3 Å². The zero-order valence-corrected chi connectivity index (χ0v) is 15.2. The Hall–Kier alpha value is -1.51. The van der Waals surface area contributed by atoms with E-state index in [-0.39, 0.29) is 20.3 Å². The molecule has 1 aliphatic rings. The standard InChI is InChI=1S/C13H14F5NO6S2.H2/c1-26(21,22)19-4-5-25-8-2-3-9(27(23,24)13(16,17)18)10-7(8)6-12(14,15)11(10)20;/h2-3,11,19-20H,4-6H2,1H3;1H. The second kappa shape index (κ2) is 6.83. The van der Waals surface area contributed by atoms with E-state index in [0.29, 0.717) is 6.07 Å². The lowest BCUT2D eigenvalue weighted by Gasteiger charge is -2.17. The molecule has 0 aromatic heterocycles. The van der Waals surface area contributed by atoms with E-state index in [9.17, 15) is 43.9 Å². The predicted octanol–water partition coefficient (Wildman–Crippen LogP) is 1.38. The first-order valence-electron chi connectivity index (χ1n) is 7.18. The number of aliphatic hydroxyl groups is 1. The molecule has 0 aliphatic heterocycles. The zero-order chi connectivity index (χ0) is 20.8. The first-order valence-corrected chi connectivity index (χ1v) is 10.6. The lowest BCUT2D eigenvalue weighted by Crippen LogP contribution is -2.27. The van der Waals surface area contributed by atoms with Gasteiger partial charge in [-0.25, -0.2) is 30.3 Å². The molecule has 14 heteroatoms. The summed E-state index contributed by atoms with van der Waals surface area (Å²) in [6.07, 6.45) is -3.14. The normalized spacial score (nSPS) is 19.7. The maximum atomic E-state index is 13.8. The monoisotopic (exact) mass is 441 g/mol. The van der Waals surface area contributed by atoms with Crippen LogP contribution in [0.1, 0.15) is 18.7 Å². The third-order valence-corrected chi connectivity index (χ3v) is 5.95. The number of aliphatic hydroxyl groups excluding tert-OH is 1. The summed E-state index contributed by atoms with van der Waals surface area (Å²) < 4.78 is 118. The molecule has 0 saturated carbocycles. The molecule has 27 heavy (non-hydrogen) atoms. The molecule has 1 aromatic carbocycles. The van der Waals surface area contributed by atoms with E-state index in [4.69, 9.17) is 4.74 Å². The summed E-state index contributed by atoms with van der Waals surface area (Å²) in [7, 11) is -9.54. The van der Waals surface area contributed by atoms with Crippen molar-refractivity contribution in [1.82, 2.24) is 4.72 Å². The fourth-order valence-electron chi connectivity index (χ4n) is 2.53. The van der Waals surface area contributed by atoms with Crippen molar-refractivity contribution < 1.29 is 50.1 Å². The van der Waals surface area contributed by atoms with E-state index >= 15 is 0 Å². The van der Waals surface area contributed by atoms with Gasteiger partial charge in [-0.15, -0.1) is 0 Å². The van der Waals surface area contributed by atoms with Crippen LogP contribution < -0.4 is 9.46 Å². The van der Waals surface area contributed by atoms with Crippen molar-refractivity contribution in [3.8, 4) is 5.75 Å². The molecule has 0 heterocycles. The van der Waals surface area contributed by atoms with Gasteiger partial charge in [0.25, 0.3) is 15.8 Å². The first kappa shape index (κ1) is 21.8. The maximum Gasteiger partial charge on any atom is 0.501 e. The lowest BCUT2D eigenvalue weighted by molar-refractivity contribution is -0.0978. The van der Waals surface area contributed by atoms with Gasteiger partial charge in [0.15, 0.2) is 0 Å². The number of alkyl halides is 5. The molecule has 1 aliphatic carbocycles. The minimum Gasteiger partial charge on any atom is -0.492 e. The third-order valence-electron chi connectivity index (χ3n) is 3.68. The summed E-state index contributed by atoms with van der Waals surface area (Å²) in [5.74, 6) is -4.28. The average Bonchev–Trinajstić information content (AvgIpc) is 2.72. The number of hydrogen-bond acceptors (Lipinski definition) is 6. The van der Waals surface area contributed by atoms with Crippen LogP contribution in [0.15, 0.2) is 17.0 Å². The third kappa shape index (κ3) is 4.33. The molecule has 0 saturated heterocycles. The molecule has 1 unspecified atom stereocenters. The van der Waals surface area contributed by atoms with E-state index in [1.165, 1.54) is 0 Å². The first-order chi connectivity index (χ1) is 12.1. The highest BCUT2D eigenvalue weighted by Gasteiger charge is 2.55. The van der Waals surface area contributed by atoms with Gasteiger partial charge in [-0.3, -0.25) is 0 Å². The van der Waals surface area contributed by atoms with Crippen molar-refractivity contribution >= 4 is 19.9 Å². The van der Waals surface area contributed by atoms with Gasteiger partial charge in [-0.1, -0.05) is 0 Å². The summed E-state index contributed by atoms with van der Waals surface area (Å²) in [6, 6.07) is 1.18. The largest absolute Gasteiger partial charge is 0.501 e. The van der Waals surface area contributed by atoms with E-state index in [2.05, 4.69) is 0 Å². The van der Waals surface area contributed by atoms with Crippen LogP contribution in [0, 0.1) is 0 Å². The number of rotatable bonds is 6. The van der Waals surface area contributed by atoms with Crippen LogP contribution in [0.25, 0.3) is 0 Å². The number of halogens is 5. The van der Waals surface area contributed by atoms with Gasteiger partial charge in [0.1, 0.15) is 18.5 Å². The Kier molecular flexibility index (Phi) is 5.51. The summed E-state index contributed by atoms with van der Waals surface area (Å²) >= 11 is 0. The lowest BCUT2D eigenvalue weighted by atomic mass is 10.1. The molecule has 7 nitrogen and oxygen atoms in total. The molecule has 156 valence electrons. The van der Waals surface area contributed by atoms with E-state index in [0.717, 1.165) is 12.3 Å². The Morgan fingerprint density at radius 1 is 1.30 bits per heavy atom. The minimum atomic E-state index is -5.99. The van der Waals surface area contributed by atoms with Gasteiger partial charge in [-0.05, 0) is 12.1 Å². The van der Waals surface area contributed by atoms with E-state index in [1.807, 2.05) is 4.72 Å². The van der Waals surface area contributed by atoms with Crippen LogP contribution in [-0.4, -0.2) is 52.8 Å². The number of hydrogen-bond donors (Lipinski definition) is 2. The van der Waals surface area contributed by atoms with Gasteiger partial charge in [0, 0.05) is 25.5 Å². The average molecular weight is 441 g/mol.